The van der Waals surface area contributed by atoms with Gasteiger partial charge in [0, 0.05) is 26.7 Å². The lowest BCUT2D eigenvalue weighted by Gasteiger charge is -2.51. The van der Waals surface area contributed by atoms with E-state index in [9.17, 15) is 132 Å². The van der Waals surface area contributed by atoms with E-state index in [0.29, 0.717) is 0 Å². The highest BCUT2D eigenvalue weighted by molar-refractivity contribution is 5.74. The Morgan fingerprint density at radius 2 is 0.827 bits per heavy atom. The van der Waals surface area contributed by atoms with Crippen LogP contribution in [0.3, 0.4) is 0 Å². The van der Waals surface area contributed by atoms with Crippen molar-refractivity contribution < 1.29 is 207 Å². The predicted octanol–water partition coefficient (Wildman–Crippen LogP) is -16.4. The number of aliphatic hydroxyl groups is 22. The van der Waals surface area contributed by atoms with Crippen LogP contribution in [0, 0.1) is 5.92 Å². The summed E-state index contributed by atoms with van der Waals surface area (Å²) in [5.41, 5.74) is 0. The molecule has 0 aromatic heterocycles. The van der Waals surface area contributed by atoms with Gasteiger partial charge in [0.05, 0.1) is 83.6 Å². The summed E-state index contributed by atoms with van der Waals surface area (Å²) < 4.78 is 93.8. The molecule has 8 heterocycles. The molecular formula is C59H99N3O42. The summed E-state index contributed by atoms with van der Waals surface area (Å²) in [6.45, 7) is -2.40. The summed E-state index contributed by atoms with van der Waals surface area (Å²) in [7, 11) is 0. The Kier molecular flexibility index (Phi) is 30.9. The summed E-state index contributed by atoms with van der Waals surface area (Å²) in [5.74, 6) is -6.07. The zero-order valence-corrected chi connectivity index (χ0v) is 56.5. The van der Waals surface area contributed by atoms with Crippen LogP contribution in [0.1, 0.15) is 41.0 Å². The molecule has 0 spiro atoms. The van der Waals surface area contributed by atoms with Gasteiger partial charge in [-0.15, -0.1) is 0 Å². The molecule has 8 aliphatic heterocycles. The standard InChI is InChI=1S/C59H99N3O42/c1-16-21(73)6-59(91-15-69,104-47(16)33(75)22(74)7-63)90-14-29-36(78)42(84)45(87)56(98-29)100-49-26(11-67)96-54(32(40(49)82)62-20(5)72)103-52-43(85)35(77)24(9-65)94-58(52)102-51-37(79)28(13-89-55-44(86)41(83)34(76)23(8-64)93-55)97-57(46(51)88)101-50-27(12-68)95-53(31(39(50)81)61-19(4)71)99-48-25(10-66)92-17(2)30(38(48)80)60-18(3)70/h15-17,21-58,63-68,73-88H,6-14H2,1-5H3,(H,60,70)(H,61,71)(H,62,72)/t16-,17+,21+,22+,23?,24-,25?,26?,27?,28?,29?,30?,31?,32?,33-,34+,35+,36+,37+,38-,39-,40-,41+,42+,43?,44?,45?,46?,47?,48+,49+,50+,51+,52?,53+,54+,55-,56+,57+,58+,59+/m1/s1. The maximum atomic E-state index is 13.0. The van der Waals surface area contributed by atoms with Crippen LogP contribution in [0.4, 0.5) is 0 Å². The van der Waals surface area contributed by atoms with Crippen molar-refractivity contribution in [1.29, 1.82) is 0 Å². The second-order valence-corrected chi connectivity index (χ2v) is 26.6. The van der Waals surface area contributed by atoms with Gasteiger partial charge in [-0.1, -0.05) is 6.92 Å². The van der Waals surface area contributed by atoms with Gasteiger partial charge in [0.1, 0.15) is 177 Å². The highest BCUT2D eigenvalue weighted by Gasteiger charge is 2.60. The third-order valence-electron chi connectivity index (χ3n) is 19.3. The summed E-state index contributed by atoms with van der Waals surface area (Å²) in [5, 5.41) is 250. The minimum atomic E-state index is -2.63. The number of nitrogens with one attached hydrogen (secondary N) is 3. The molecule has 104 heavy (non-hydrogen) atoms. The number of aliphatic hydroxyl groups excluding tert-OH is 22. The van der Waals surface area contributed by atoms with Crippen molar-refractivity contribution in [3.63, 3.8) is 0 Å². The van der Waals surface area contributed by atoms with Gasteiger partial charge in [0.15, 0.2) is 37.7 Å². The second kappa shape index (κ2) is 37.4. The maximum Gasteiger partial charge on any atom is 0.332 e. The second-order valence-electron chi connectivity index (χ2n) is 26.6. The minimum absolute atomic E-state index is 0.175. The first-order chi connectivity index (χ1) is 49.1. The first-order valence-electron chi connectivity index (χ1n) is 33.4. The molecule has 8 fully saturated rings. The van der Waals surface area contributed by atoms with Crippen molar-refractivity contribution in [3.05, 3.63) is 0 Å². The topological polar surface area (TPSA) is 697 Å². The van der Waals surface area contributed by atoms with Gasteiger partial charge in [-0.25, -0.2) is 0 Å². The first-order valence-corrected chi connectivity index (χ1v) is 33.4. The molecule has 8 rings (SSSR count). The smallest absolute Gasteiger partial charge is 0.332 e. The lowest BCUT2D eigenvalue weighted by atomic mass is 9.87. The van der Waals surface area contributed by atoms with Crippen LogP contribution in [-0.4, -0.2) is 434 Å². The lowest BCUT2D eigenvalue weighted by molar-refractivity contribution is -0.424. The van der Waals surface area contributed by atoms with Crippen molar-refractivity contribution in [1.82, 2.24) is 16.0 Å². The van der Waals surface area contributed by atoms with Crippen molar-refractivity contribution in [2.75, 3.05) is 52.9 Å². The molecule has 0 bridgehead atoms. The van der Waals surface area contributed by atoms with Crippen LogP contribution in [0.2, 0.25) is 0 Å². The van der Waals surface area contributed by atoms with E-state index < -0.39 is 328 Å². The number of carbonyl (C=O) groups excluding carboxylic acids is 4. The van der Waals surface area contributed by atoms with Crippen molar-refractivity contribution in [2.45, 2.75) is 286 Å². The molecule has 0 aliphatic carbocycles. The number of hydrogen-bond donors (Lipinski definition) is 25. The number of ether oxygens (including phenoxy) is 16. The van der Waals surface area contributed by atoms with Gasteiger partial charge < -0.3 is 204 Å². The molecule has 45 nitrogen and oxygen atoms in total. The van der Waals surface area contributed by atoms with Crippen LogP contribution in [0.15, 0.2) is 0 Å². The first kappa shape index (κ1) is 86.0. The zero-order chi connectivity index (χ0) is 76.8. The van der Waals surface area contributed by atoms with Crippen LogP contribution < -0.4 is 16.0 Å². The molecule has 0 aromatic rings. The Morgan fingerprint density at radius 3 is 1.32 bits per heavy atom. The quantitative estimate of drug-likeness (QED) is 0.0244. The van der Waals surface area contributed by atoms with Crippen molar-refractivity contribution in [2.24, 2.45) is 5.92 Å². The monoisotopic (exact) mass is 1520 g/mol. The van der Waals surface area contributed by atoms with Gasteiger partial charge in [-0.05, 0) is 6.92 Å². The highest BCUT2D eigenvalue weighted by atomic mass is 16.9. The Bertz CT molecular complexity index is 2710. The highest BCUT2D eigenvalue weighted by Crippen LogP contribution is 2.41. The third kappa shape index (κ3) is 19.0. The van der Waals surface area contributed by atoms with Gasteiger partial charge >= 0.3 is 5.97 Å². The minimum Gasteiger partial charge on any atom is -0.410 e. The van der Waals surface area contributed by atoms with Crippen LogP contribution in [-0.2, 0) is 95.0 Å². The van der Waals surface area contributed by atoms with Gasteiger partial charge in [-0.2, -0.15) is 0 Å². The summed E-state index contributed by atoms with van der Waals surface area (Å²) in [6.07, 6.45) is -71.9. The molecule has 0 aromatic carbocycles. The van der Waals surface area contributed by atoms with Crippen LogP contribution in [0.25, 0.3) is 0 Å². The Labute approximate surface area is 590 Å². The molecule has 8 aliphatic rings. The fraction of sp³-hybridized carbons (Fsp3) is 0.932. The molecular weight excluding hydrogens is 1420 g/mol. The Hall–Kier alpha value is -3.60. The molecule has 8 saturated heterocycles. The van der Waals surface area contributed by atoms with Crippen LogP contribution >= 0.6 is 0 Å². The molecule has 15 unspecified atom stereocenters. The number of amides is 3. The zero-order valence-electron chi connectivity index (χ0n) is 56.5. The molecule has 25 N–H and O–H groups in total. The molecule has 602 valence electrons. The van der Waals surface area contributed by atoms with E-state index in [0.717, 1.165) is 20.8 Å². The summed E-state index contributed by atoms with van der Waals surface area (Å²) in [4.78, 5) is 49.8. The number of carbonyl (C=O) groups is 4. The van der Waals surface area contributed by atoms with Crippen molar-refractivity contribution in [3.8, 4) is 0 Å². The number of hydrogen-bond acceptors (Lipinski definition) is 42. The predicted molar refractivity (Wildman–Crippen MR) is 323 cm³/mol. The van der Waals surface area contributed by atoms with Gasteiger partial charge in [0.2, 0.25) is 17.7 Å². The average Bonchev–Trinajstić information content (AvgIpc) is 0.772. The Morgan fingerprint density at radius 1 is 0.433 bits per heavy atom. The molecule has 3 amide bonds. The van der Waals surface area contributed by atoms with E-state index in [-0.39, 0.29) is 6.47 Å². The third-order valence-corrected chi connectivity index (χ3v) is 19.3. The lowest BCUT2D eigenvalue weighted by Crippen LogP contribution is -2.71. The average molecular weight is 1520 g/mol. The Balaban J connectivity index is 1.06. The number of rotatable bonds is 29. The molecule has 45 heteroatoms. The fourth-order valence-electron chi connectivity index (χ4n) is 13.5. The summed E-state index contributed by atoms with van der Waals surface area (Å²) in [6, 6.07) is -4.94. The van der Waals surface area contributed by atoms with E-state index >= 15 is 0 Å². The van der Waals surface area contributed by atoms with Crippen LogP contribution in [0.5, 0.6) is 0 Å². The molecule has 0 radical (unpaired) electrons. The normalized spacial score (nSPS) is 47.9. The van der Waals surface area contributed by atoms with E-state index in [2.05, 4.69) is 16.0 Å². The summed E-state index contributed by atoms with van der Waals surface area (Å²) >= 11 is 0. The molecule has 41 atom stereocenters. The fourth-order valence-corrected chi connectivity index (χ4v) is 13.5. The maximum absolute atomic E-state index is 13.0. The molecule has 0 saturated carbocycles. The van der Waals surface area contributed by atoms with E-state index in [4.69, 9.17) is 75.8 Å². The van der Waals surface area contributed by atoms with E-state index in [1.165, 1.54) is 13.8 Å². The largest absolute Gasteiger partial charge is 0.410 e. The van der Waals surface area contributed by atoms with E-state index in [1.807, 2.05) is 0 Å². The SMILES string of the molecule is CC(=O)NC1[C@H](OC2C(O)[C@@H](O)[C@@H](CO)O[C@H]2O[C@@H]2C(O)[C@H](O[C@H]3C(CO)O[C@@H](O[C@H]4C(CO)O[C@@H](C)C(NC(C)=O)[C@H]4O)C(NC(C)=O)[C@H]3O)OC(CO[C@@H]3OC(CO)[C@H](O)[C@H](O)C3O)[C@@H]2O)OC(CO)[C@H](O[C@@H]2OC(CO[C@]3(OC=O)C[C@H](O)[C@@H](C)C([C@H](O)[C@@H](O)CO)O3)[C@H](O)[C@H](O)C2O)[C@@H]1O. The van der Waals surface area contributed by atoms with Gasteiger partial charge in [-0.3, -0.25) is 19.2 Å². The van der Waals surface area contributed by atoms with Crippen molar-refractivity contribution >= 4 is 24.2 Å². The van der Waals surface area contributed by atoms with E-state index in [1.54, 1.807) is 0 Å². The van der Waals surface area contributed by atoms with Gasteiger partial charge in [0.25, 0.3) is 6.47 Å².